The van der Waals surface area contributed by atoms with E-state index in [-0.39, 0.29) is 23.5 Å². The van der Waals surface area contributed by atoms with Crippen LogP contribution in [0.1, 0.15) is 17.2 Å². The Morgan fingerprint density at radius 1 is 1.44 bits per heavy atom. The van der Waals surface area contributed by atoms with Crippen molar-refractivity contribution >= 4 is 12.4 Å². The molecule has 6 heteroatoms. The number of rotatable bonds is 3. The fourth-order valence-electron chi connectivity index (χ4n) is 1.20. The molecule has 0 aliphatic rings. The Morgan fingerprint density at radius 3 is 2.50 bits per heavy atom. The molecule has 0 saturated heterocycles. The van der Waals surface area contributed by atoms with E-state index in [1.54, 1.807) is 12.1 Å². The molecule has 0 radical (unpaired) electrons. The monoisotopic (exact) mass is 248 g/mol. The zero-order valence-electron chi connectivity index (χ0n) is 8.23. The molecule has 0 aromatic heterocycles. The van der Waals surface area contributed by atoms with Crippen LogP contribution in [0.25, 0.3) is 0 Å². The van der Waals surface area contributed by atoms with Gasteiger partial charge >= 0.3 is 0 Å². The van der Waals surface area contributed by atoms with E-state index in [1.807, 2.05) is 0 Å². The first kappa shape index (κ1) is 14.8. The van der Waals surface area contributed by atoms with Gasteiger partial charge in [-0.2, -0.15) is 5.26 Å². The molecule has 0 aliphatic carbocycles. The van der Waals surface area contributed by atoms with Gasteiger partial charge in [-0.05, 0) is 11.6 Å². The minimum Gasteiger partial charge on any atom is -0.390 e. The molecule has 0 unspecified atom stereocenters. The van der Waals surface area contributed by atoms with Crippen LogP contribution in [-0.2, 0) is 0 Å². The predicted octanol–water partition coefficient (Wildman–Crippen LogP) is 1.61. The largest absolute Gasteiger partial charge is 0.390 e. The van der Waals surface area contributed by atoms with Gasteiger partial charge in [0.2, 0.25) is 0 Å². The second-order valence-electron chi connectivity index (χ2n) is 3.10. The first-order chi connectivity index (χ1) is 7.03. The van der Waals surface area contributed by atoms with E-state index >= 15 is 0 Å². The molecule has 3 nitrogen and oxygen atoms in total. The molecule has 0 spiro atoms. The quantitative estimate of drug-likeness (QED) is 0.854. The number of aliphatic hydroxyl groups excluding tert-OH is 1. The van der Waals surface area contributed by atoms with Gasteiger partial charge in [-0.3, -0.25) is 0 Å². The highest BCUT2D eigenvalue weighted by molar-refractivity contribution is 5.85. The number of nitriles is 1. The minimum atomic E-state index is -3.42. The van der Waals surface area contributed by atoms with Crippen LogP contribution in [0.15, 0.2) is 24.3 Å². The van der Waals surface area contributed by atoms with Crippen molar-refractivity contribution in [3.05, 3.63) is 35.4 Å². The molecule has 0 heterocycles. The standard InChI is InChI=1S/C10H10F2N2O.ClH/c11-10(12,6-15)9(14)8-4-2-1-3-7(8)5-13;/h1-4,9,15H,6,14H2;1H/t9-;/m0./s1. The van der Waals surface area contributed by atoms with Crippen molar-refractivity contribution in [1.82, 2.24) is 0 Å². The van der Waals surface area contributed by atoms with E-state index in [1.165, 1.54) is 18.2 Å². The molecule has 1 aromatic carbocycles. The van der Waals surface area contributed by atoms with Gasteiger partial charge in [0.1, 0.15) is 6.61 Å². The number of nitrogens with zero attached hydrogens (tertiary/aromatic N) is 1. The van der Waals surface area contributed by atoms with Gasteiger partial charge in [-0.15, -0.1) is 12.4 Å². The van der Waals surface area contributed by atoms with Gasteiger partial charge in [0, 0.05) is 0 Å². The second kappa shape index (κ2) is 5.75. The summed E-state index contributed by atoms with van der Waals surface area (Å²) < 4.78 is 26.1. The van der Waals surface area contributed by atoms with Gasteiger partial charge in [0.05, 0.1) is 17.7 Å². The predicted molar refractivity (Wildman–Crippen MR) is 57.4 cm³/mol. The van der Waals surface area contributed by atoms with Gasteiger partial charge < -0.3 is 10.8 Å². The lowest BCUT2D eigenvalue weighted by Gasteiger charge is -2.22. The lowest BCUT2D eigenvalue weighted by Crippen LogP contribution is -2.36. The number of hydrogen-bond acceptors (Lipinski definition) is 3. The molecule has 1 rings (SSSR count). The molecule has 0 saturated carbocycles. The van der Waals surface area contributed by atoms with Crippen LogP contribution >= 0.6 is 12.4 Å². The maximum atomic E-state index is 13.1. The van der Waals surface area contributed by atoms with Gasteiger partial charge in [0.15, 0.2) is 0 Å². The number of halogens is 3. The fraction of sp³-hybridized carbons (Fsp3) is 0.300. The molecular formula is C10H11ClF2N2O. The van der Waals surface area contributed by atoms with Crippen LogP contribution in [0, 0.1) is 11.3 Å². The SMILES string of the molecule is Cl.N#Cc1ccccc1[C@H](N)C(F)(F)CO. The summed E-state index contributed by atoms with van der Waals surface area (Å²) in [5, 5.41) is 17.2. The topological polar surface area (TPSA) is 70.0 Å². The molecule has 16 heavy (non-hydrogen) atoms. The molecule has 1 aromatic rings. The molecule has 0 amide bonds. The molecule has 88 valence electrons. The summed E-state index contributed by atoms with van der Waals surface area (Å²) in [7, 11) is 0. The highest BCUT2D eigenvalue weighted by Gasteiger charge is 2.38. The van der Waals surface area contributed by atoms with Gasteiger partial charge in [-0.1, -0.05) is 18.2 Å². The summed E-state index contributed by atoms with van der Waals surface area (Å²) in [4.78, 5) is 0. The van der Waals surface area contributed by atoms with E-state index in [2.05, 4.69) is 0 Å². The van der Waals surface area contributed by atoms with E-state index in [4.69, 9.17) is 16.1 Å². The van der Waals surface area contributed by atoms with Crippen LogP contribution in [0.4, 0.5) is 8.78 Å². The van der Waals surface area contributed by atoms with Crippen molar-refractivity contribution in [2.75, 3.05) is 6.61 Å². The fourth-order valence-corrected chi connectivity index (χ4v) is 1.20. The van der Waals surface area contributed by atoms with Crippen LogP contribution in [0.2, 0.25) is 0 Å². The number of aliphatic hydroxyl groups is 1. The Labute approximate surface area is 97.9 Å². The van der Waals surface area contributed by atoms with Crippen LogP contribution in [0.5, 0.6) is 0 Å². The van der Waals surface area contributed by atoms with Crippen molar-refractivity contribution in [3.63, 3.8) is 0 Å². The third kappa shape index (κ3) is 2.89. The lowest BCUT2D eigenvalue weighted by molar-refractivity contribution is -0.0712. The molecule has 0 bridgehead atoms. The normalized spacial score (nSPS) is 12.4. The summed E-state index contributed by atoms with van der Waals surface area (Å²) in [5.74, 6) is -3.42. The average molecular weight is 249 g/mol. The summed E-state index contributed by atoms with van der Waals surface area (Å²) >= 11 is 0. The first-order valence-electron chi connectivity index (χ1n) is 4.26. The maximum absolute atomic E-state index is 13.1. The average Bonchev–Trinajstić information content (AvgIpc) is 2.28. The lowest BCUT2D eigenvalue weighted by atomic mass is 9.97. The summed E-state index contributed by atoms with van der Waals surface area (Å²) in [6.45, 7) is -1.34. The molecule has 1 atom stereocenters. The van der Waals surface area contributed by atoms with Crippen molar-refractivity contribution in [1.29, 1.82) is 5.26 Å². The van der Waals surface area contributed by atoms with E-state index < -0.39 is 18.6 Å². The maximum Gasteiger partial charge on any atom is 0.289 e. The summed E-state index contributed by atoms with van der Waals surface area (Å²) in [6.07, 6.45) is 0. The zero-order chi connectivity index (χ0) is 11.5. The Kier molecular flexibility index (Phi) is 5.31. The van der Waals surface area contributed by atoms with Crippen molar-refractivity contribution in [2.45, 2.75) is 12.0 Å². The Hall–Kier alpha value is -1.22. The van der Waals surface area contributed by atoms with Crippen LogP contribution < -0.4 is 5.73 Å². The number of benzene rings is 1. The van der Waals surface area contributed by atoms with Gasteiger partial charge in [-0.25, -0.2) is 8.78 Å². The van der Waals surface area contributed by atoms with Crippen LogP contribution in [0.3, 0.4) is 0 Å². The number of nitrogens with two attached hydrogens (primary N) is 1. The van der Waals surface area contributed by atoms with Crippen molar-refractivity contribution in [2.24, 2.45) is 5.73 Å². The third-order valence-corrected chi connectivity index (χ3v) is 2.08. The van der Waals surface area contributed by atoms with E-state index in [9.17, 15) is 8.78 Å². The Balaban J connectivity index is 0.00000225. The van der Waals surface area contributed by atoms with E-state index in [0.717, 1.165) is 0 Å². The second-order valence-corrected chi connectivity index (χ2v) is 3.10. The highest BCUT2D eigenvalue weighted by Crippen LogP contribution is 2.30. The third-order valence-electron chi connectivity index (χ3n) is 2.08. The highest BCUT2D eigenvalue weighted by atomic mass is 35.5. The summed E-state index contributed by atoms with van der Waals surface area (Å²) in [5.41, 5.74) is 5.43. The Bertz CT molecular complexity index is 393. The number of hydrogen-bond donors (Lipinski definition) is 2. The van der Waals surface area contributed by atoms with Crippen LogP contribution in [-0.4, -0.2) is 17.6 Å². The zero-order valence-corrected chi connectivity index (χ0v) is 9.05. The van der Waals surface area contributed by atoms with Gasteiger partial charge in [0.25, 0.3) is 5.92 Å². The smallest absolute Gasteiger partial charge is 0.289 e. The minimum absolute atomic E-state index is 0. The molecular weight excluding hydrogens is 238 g/mol. The number of alkyl halides is 2. The summed E-state index contributed by atoms with van der Waals surface area (Å²) in [6, 6.07) is 5.95. The van der Waals surface area contributed by atoms with Crippen molar-refractivity contribution < 1.29 is 13.9 Å². The molecule has 0 fully saturated rings. The van der Waals surface area contributed by atoms with E-state index in [0.29, 0.717) is 0 Å². The molecule has 3 N–H and O–H groups in total. The Morgan fingerprint density at radius 2 is 2.00 bits per heavy atom. The first-order valence-corrected chi connectivity index (χ1v) is 4.26. The molecule has 0 aliphatic heterocycles. The van der Waals surface area contributed by atoms with Crippen molar-refractivity contribution in [3.8, 4) is 6.07 Å².